The predicted molar refractivity (Wildman–Crippen MR) is 113 cm³/mol. The van der Waals surface area contributed by atoms with Crippen LogP contribution in [0.3, 0.4) is 0 Å². The number of benzene rings is 3. The van der Waals surface area contributed by atoms with Gasteiger partial charge in [-0.1, -0.05) is 37.3 Å². The molecule has 3 aromatic carbocycles. The summed E-state index contributed by atoms with van der Waals surface area (Å²) in [7, 11) is 1.58. The largest absolute Gasteiger partial charge is 0.497 e. The molecule has 0 aliphatic carbocycles. The van der Waals surface area contributed by atoms with E-state index in [-0.39, 0.29) is 18.0 Å². The molecule has 3 aromatic rings. The van der Waals surface area contributed by atoms with E-state index < -0.39 is 5.97 Å². The van der Waals surface area contributed by atoms with Gasteiger partial charge in [0.25, 0.3) is 5.91 Å². The summed E-state index contributed by atoms with van der Waals surface area (Å²) < 4.78 is 5.18. The van der Waals surface area contributed by atoms with Crippen LogP contribution in [-0.4, -0.2) is 24.1 Å². The van der Waals surface area contributed by atoms with Crippen LogP contribution in [0.2, 0.25) is 0 Å². The number of carbonyl (C=O) groups excluding carboxylic acids is 1. The van der Waals surface area contributed by atoms with Crippen LogP contribution >= 0.6 is 0 Å². The third kappa shape index (κ3) is 4.63. The molecule has 0 aliphatic rings. The number of ether oxygens (including phenoxy) is 1. The van der Waals surface area contributed by atoms with Gasteiger partial charge in [0.1, 0.15) is 5.75 Å². The average molecular weight is 389 g/mol. The number of nitrogens with zero attached hydrogens (tertiary/aromatic N) is 1. The molecule has 0 bridgehead atoms. The molecule has 1 amide bonds. The van der Waals surface area contributed by atoms with Gasteiger partial charge in [0.15, 0.2) is 0 Å². The molecule has 148 valence electrons. The lowest BCUT2D eigenvalue weighted by molar-refractivity contribution is 0.0696. The molecule has 0 fully saturated rings. The van der Waals surface area contributed by atoms with Crippen LogP contribution in [0.5, 0.6) is 5.75 Å². The number of carboxylic acid groups (broad SMARTS) is 1. The summed E-state index contributed by atoms with van der Waals surface area (Å²) in [6.45, 7) is 2.31. The first kappa shape index (κ1) is 20.1. The van der Waals surface area contributed by atoms with Crippen molar-refractivity contribution in [1.29, 1.82) is 0 Å². The smallest absolute Gasteiger partial charge is 0.335 e. The van der Waals surface area contributed by atoms with Crippen molar-refractivity contribution in [2.75, 3.05) is 12.0 Å². The van der Waals surface area contributed by atoms with Crippen molar-refractivity contribution in [3.05, 3.63) is 95.1 Å². The van der Waals surface area contributed by atoms with E-state index in [1.54, 1.807) is 54.5 Å². The number of carboxylic acids is 1. The van der Waals surface area contributed by atoms with Crippen molar-refractivity contribution < 1.29 is 19.4 Å². The highest BCUT2D eigenvalue weighted by Gasteiger charge is 2.21. The maximum atomic E-state index is 13.4. The topological polar surface area (TPSA) is 66.8 Å². The number of amides is 1. The molecule has 0 heterocycles. The lowest BCUT2D eigenvalue weighted by atomic mass is 10.1. The van der Waals surface area contributed by atoms with E-state index in [4.69, 9.17) is 4.74 Å². The standard InChI is InChI=1S/C24H23NO4/c1-3-18-8-4-5-10-22(18)25(16-17-7-6-9-20(15-17)24(27)28)23(26)19-11-13-21(29-2)14-12-19/h4-15H,3,16H2,1-2H3,(H,27,28). The lowest BCUT2D eigenvalue weighted by Gasteiger charge is -2.26. The minimum atomic E-state index is -0.992. The Balaban J connectivity index is 2.02. The fraction of sp³-hybridized carbons (Fsp3) is 0.167. The summed E-state index contributed by atoms with van der Waals surface area (Å²) in [5, 5.41) is 9.29. The van der Waals surface area contributed by atoms with Crippen LogP contribution in [0.15, 0.2) is 72.8 Å². The van der Waals surface area contributed by atoms with Gasteiger partial charge in [-0.15, -0.1) is 0 Å². The van der Waals surface area contributed by atoms with Crippen LogP contribution in [-0.2, 0) is 13.0 Å². The minimum absolute atomic E-state index is 0.158. The van der Waals surface area contributed by atoms with Crippen molar-refractivity contribution >= 4 is 17.6 Å². The second-order valence-electron chi connectivity index (χ2n) is 6.61. The molecule has 5 heteroatoms. The van der Waals surface area contributed by atoms with E-state index in [9.17, 15) is 14.7 Å². The molecule has 0 aromatic heterocycles. The van der Waals surface area contributed by atoms with Crippen molar-refractivity contribution in [1.82, 2.24) is 0 Å². The van der Waals surface area contributed by atoms with E-state index in [0.29, 0.717) is 11.3 Å². The van der Waals surface area contributed by atoms with Gasteiger partial charge in [0.05, 0.1) is 19.2 Å². The molecule has 0 spiro atoms. The van der Waals surface area contributed by atoms with E-state index in [1.807, 2.05) is 37.3 Å². The van der Waals surface area contributed by atoms with Crippen LogP contribution < -0.4 is 9.64 Å². The third-order valence-electron chi connectivity index (χ3n) is 4.76. The van der Waals surface area contributed by atoms with Crippen molar-refractivity contribution in [3.63, 3.8) is 0 Å². The average Bonchev–Trinajstić information content (AvgIpc) is 2.77. The Morgan fingerprint density at radius 2 is 1.66 bits per heavy atom. The van der Waals surface area contributed by atoms with Gasteiger partial charge < -0.3 is 14.7 Å². The number of aromatic carboxylic acids is 1. The highest BCUT2D eigenvalue weighted by atomic mass is 16.5. The number of aryl methyl sites for hydroxylation is 1. The molecule has 5 nitrogen and oxygen atoms in total. The van der Waals surface area contributed by atoms with Crippen molar-refractivity contribution in [2.45, 2.75) is 19.9 Å². The molecule has 0 unspecified atom stereocenters. The van der Waals surface area contributed by atoms with Gasteiger partial charge in [-0.25, -0.2) is 4.79 Å². The summed E-state index contributed by atoms with van der Waals surface area (Å²) in [5.41, 5.74) is 3.34. The monoisotopic (exact) mass is 389 g/mol. The molecule has 29 heavy (non-hydrogen) atoms. The number of hydrogen-bond acceptors (Lipinski definition) is 3. The maximum Gasteiger partial charge on any atom is 0.335 e. The van der Waals surface area contributed by atoms with Crippen LogP contribution in [0.25, 0.3) is 0 Å². The summed E-state index contributed by atoms with van der Waals surface area (Å²) in [4.78, 5) is 26.4. The quantitative estimate of drug-likeness (QED) is 0.630. The lowest BCUT2D eigenvalue weighted by Crippen LogP contribution is -2.31. The number of carbonyl (C=O) groups is 2. The Hall–Kier alpha value is -3.60. The van der Waals surface area contributed by atoms with Crippen molar-refractivity contribution in [2.24, 2.45) is 0 Å². The Bertz CT molecular complexity index is 1010. The highest BCUT2D eigenvalue weighted by Crippen LogP contribution is 2.26. The van der Waals surface area contributed by atoms with Gasteiger partial charge in [-0.2, -0.15) is 0 Å². The molecular weight excluding hydrogens is 366 g/mol. The number of para-hydroxylation sites is 1. The summed E-state index contributed by atoms with van der Waals surface area (Å²) in [5.74, 6) is -0.473. The van der Waals surface area contributed by atoms with E-state index in [0.717, 1.165) is 23.2 Å². The van der Waals surface area contributed by atoms with Crippen LogP contribution in [0.4, 0.5) is 5.69 Å². The van der Waals surface area contributed by atoms with E-state index >= 15 is 0 Å². The molecule has 0 saturated carbocycles. The Labute approximate surface area is 170 Å². The molecule has 0 aliphatic heterocycles. The Kier molecular flexibility index (Phi) is 6.29. The maximum absolute atomic E-state index is 13.4. The second kappa shape index (κ2) is 9.06. The first-order chi connectivity index (χ1) is 14.0. The first-order valence-corrected chi connectivity index (χ1v) is 9.39. The Morgan fingerprint density at radius 3 is 2.31 bits per heavy atom. The fourth-order valence-electron chi connectivity index (χ4n) is 3.21. The summed E-state index contributed by atoms with van der Waals surface area (Å²) in [6, 6.07) is 21.4. The predicted octanol–water partition coefficient (Wildman–Crippen LogP) is 4.80. The number of methoxy groups -OCH3 is 1. The minimum Gasteiger partial charge on any atom is -0.497 e. The van der Waals surface area contributed by atoms with E-state index in [1.165, 1.54) is 0 Å². The number of rotatable bonds is 7. The van der Waals surface area contributed by atoms with Gasteiger partial charge in [-0.3, -0.25) is 4.79 Å². The van der Waals surface area contributed by atoms with Gasteiger partial charge in [0.2, 0.25) is 0 Å². The fourth-order valence-corrected chi connectivity index (χ4v) is 3.21. The number of anilines is 1. The zero-order valence-electron chi connectivity index (χ0n) is 16.5. The zero-order valence-corrected chi connectivity index (χ0v) is 16.5. The van der Waals surface area contributed by atoms with Gasteiger partial charge in [0, 0.05) is 11.3 Å². The molecule has 0 atom stereocenters. The van der Waals surface area contributed by atoms with E-state index in [2.05, 4.69) is 0 Å². The zero-order chi connectivity index (χ0) is 20.8. The van der Waals surface area contributed by atoms with Crippen LogP contribution in [0, 0.1) is 0 Å². The SMILES string of the molecule is CCc1ccccc1N(Cc1cccc(C(=O)O)c1)C(=O)c1ccc(OC)cc1. The molecular formula is C24H23NO4. The highest BCUT2D eigenvalue weighted by molar-refractivity contribution is 6.06. The Morgan fingerprint density at radius 1 is 0.931 bits per heavy atom. The number of hydrogen-bond donors (Lipinski definition) is 1. The first-order valence-electron chi connectivity index (χ1n) is 9.39. The third-order valence-corrected chi connectivity index (χ3v) is 4.76. The van der Waals surface area contributed by atoms with Gasteiger partial charge >= 0.3 is 5.97 Å². The molecule has 1 N–H and O–H groups in total. The second-order valence-corrected chi connectivity index (χ2v) is 6.61. The molecule has 3 rings (SSSR count). The van der Waals surface area contributed by atoms with Crippen LogP contribution in [0.1, 0.15) is 38.8 Å². The van der Waals surface area contributed by atoms with Crippen molar-refractivity contribution in [3.8, 4) is 5.75 Å². The summed E-state index contributed by atoms with van der Waals surface area (Å²) >= 11 is 0. The normalized spacial score (nSPS) is 10.4. The summed E-state index contributed by atoms with van der Waals surface area (Å²) in [6.07, 6.45) is 0.776. The molecule has 0 radical (unpaired) electrons. The molecule has 0 saturated heterocycles. The van der Waals surface area contributed by atoms with Gasteiger partial charge in [-0.05, 0) is 60.0 Å².